The quantitative estimate of drug-likeness (QED) is 0.813. The molecule has 2 rings (SSSR count). The molecule has 0 bridgehead atoms. The first kappa shape index (κ1) is 11.6. The predicted molar refractivity (Wildman–Crippen MR) is 65.1 cm³/mol. The van der Waals surface area contributed by atoms with Crippen LogP contribution in [0.4, 0.5) is 0 Å². The average molecular weight is 222 g/mol. The Labute approximate surface area is 97.4 Å². The Balaban J connectivity index is 1.77. The van der Waals surface area contributed by atoms with Gasteiger partial charge in [-0.2, -0.15) is 0 Å². The zero-order valence-corrected chi connectivity index (χ0v) is 10.5. The van der Waals surface area contributed by atoms with Crippen molar-refractivity contribution in [2.75, 3.05) is 19.6 Å². The van der Waals surface area contributed by atoms with E-state index in [9.17, 15) is 0 Å². The lowest BCUT2D eigenvalue weighted by Crippen LogP contribution is -2.70. The molecule has 90 valence electrons. The van der Waals surface area contributed by atoms with Gasteiger partial charge in [0.05, 0.1) is 0 Å². The summed E-state index contributed by atoms with van der Waals surface area (Å²) in [7, 11) is 2.04. The molecular formula is C12H22N4. The lowest BCUT2D eigenvalue weighted by atomic mass is 9.80. The van der Waals surface area contributed by atoms with Crippen LogP contribution in [-0.4, -0.2) is 39.6 Å². The molecule has 0 atom stereocenters. The highest BCUT2D eigenvalue weighted by Crippen LogP contribution is 2.25. The van der Waals surface area contributed by atoms with Crippen LogP contribution in [0.15, 0.2) is 12.4 Å². The van der Waals surface area contributed by atoms with Crippen molar-refractivity contribution in [2.45, 2.75) is 25.8 Å². The molecule has 0 spiro atoms. The minimum absolute atomic E-state index is 0.0433. The Hall–Kier alpha value is -0.870. The summed E-state index contributed by atoms with van der Waals surface area (Å²) in [5.74, 6) is 1.72. The van der Waals surface area contributed by atoms with E-state index in [0.717, 1.165) is 31.9 Å². The number of nitrogens with zero attached hydrogens (tertiary/aromatic N) is 3. The van der Waals surface area contributed by atoms with Gasteiger partial charge < -0.3 is 10.3 Å². The van der Waals surface area contributed by atoms with Crippen molar-refractivity contribution in [3.63, 3.8) is 0 Å². The third-order valence-corrected chi connectivity index (χ3v) is 3.76. The normalized spacial score (nSPS) is 20.1. The summed E-state index contributed by atoms with van der Waals surface area (Å²) in [6, 6.07) is 0. The van der Waals surface area contributed by atoms with Gasteiger partial charge in [-0.05, 0) is 5.92 Å². The molecule has 16 heavy (non-hydrogen) atoms. The summed E-state index contributed by atoms with van der Waals surface area (Å²) in [5, 5.41) is 0. The number of rotatable bonds is 4. The van der Waals surface area contributed by atoms with Crippen molar-refractivity contribution in [3.8, 4) is 0 Å². The van der Waals surface area contributed by atoms with Crippen LogP contribution in [0.3, 0.4) is 0 Å². The zero-order valence-electron chi connectivity index (χ0n) is 10.5. The van der Waals surface area contributed by atoms with Crippen molar-refractivity contribution >= 4 is 0 Å². The van der Waals surface area contributed by atoms with E-state index in [4.69, 9.17) is 5.73 Å². The van der Waals surface area contributed by atoms with E-state index in [-0.39, 0.29) is 5.54 Å². The van der Waals surface area contributed by atoms with Crippen LogP contribution in [0.5, 0.6) is 0 Å². The van der Waals surface area contributed by atoms with E-state index in [1.54, 1.807) is 0 Å². The molecule has 2 heterocycles. The molecule has 0 aromatic carbocycles. The average Bonchev–Trinajstić information content (AvgIpc) is 2.56. The van der Waals surface area contributed by atoms with Gasteiger partial charge in [0.1, 0.15) is 5.82 Å². The van der Waals surface area contributed by atoms with Crippen molar-refractivity contribution < 1.29 is 0 Å². The van der Waals surface area contributed by atoms with Crippen LogP contribution in [-0.2, 0) is 13.5 Å². The van der Waals surface area contributed by atoms with Gasteiger partial charge in [-0.3, -0.25) is 4.90 Å². The predicted octanol–water partition coefficient (Wildman–Crippen LogP) is 0.632. The first-order valence-electron chi connectivity index (χ1n) is 5.99. The standard InChI is InChI=1S/C12H22N4/c1-10(2)12(13)8-16(9-12)6-4-11-14-5-7-15(11)3/h5,7,10H,4,6,8-9,13H2,1-3H3. The van der Waals surface area contributed by atoms with Crippen molar-refractivity contribution in [3.05, 3.63) is 18.2 Å². The largest absolute Gasteiger partial charge is 0.338 e. The molecule has 4 heteroatoms. The lowest BCUT2D eigenvalue weighted by molar-refractivity contribution is 0.0385. The van der Waals surface area contributed by atoms with Gasteiger partial charge in [0, 0.05) is 51.0 Å². The summed E-state index contributed by atoms with van der Waals surface area (Å²) in [4.78, 5) is 6.73. The first-order chi connectivity index (χ1) is 7.51. The van der Waals surface area contributed by atoms with Crippen LogP contribution < -0.4 is 5.73 Å². The second-order valence-corrected chi connectivity index (χ2v) is 5.30. The maximum Gasteiger partial charge on any atom is 0.109 e. The number of likely N-dealkylation sites (tertiary alicyclic amines) is 1. The smallest absolute Gasteiger partial charge is 0.109 e. The summed E-state index contributed by atoms with van der Waals surface area (Å²) in [6.07, 6.45) is 4.86. The first-order valence-corrected chi connectivity index (χ1v) is 5.99. The highest BCUT2D eigenvalue weighted by Gasteiger charge is 2.41. The fourth-order valence-corrected chi connectivity index (χ4v) is 2.21. The van der Waals surface area contributed by atoms with E-state index in [1.165, 1.54) is 0 Å². The van der Waals surface area contributed by atoms with Gasteiger partial charge in [0.15, 0.2) is 0 Å². The Kier molecular flexibility index (Phi) is 3.04. The summed E-state index contributed by atoms with van der Waals surface area (Å²) < 4.78 is 2.08. The van der Waals surface area contributed by atoms with Crippen molar-refractivity contribution in [1.82, 2.24) is 14.5 Å². The van der Waals surface area contributed by atoms with E-state index in [1.807, 2.05) is 19.4 Å². The number of hydrogen-bond donors (Lipinski definition) is 1. The Bertz CT molecular complexity index is 350. The number of imidazole rings is 1. The van der Waals surface area contributed by atoms with Gasteiger partial charge in [0.2, 0.25) is 0 Å². The van der Waals surface area contributed by atoms with Gasteiger partial charge in [-0.1, -0.05) is 13.8 Å². The van der Waals surface area contributed by atoms with Gasteiger partial charge in [-0.25, -0.2) is 4.98 Å². The fourth-order valence-electron chi connectivity index (χ4n) is 2.21. The third kappa shape index (κ3) is 2.13. The zero-order chi connectivity index (χ0) is 11.8. The minimum Gasteiger partial charge on any atom is -0.338 e. The Morgan fingerprint density at radius 2 is 2.19 bits per heavy atom. The van der Waals surface area contributed by atoms with Crippen LogP contribution >= 0.6 is 0 Å². The molecule has 0 amide bonds. The third-order valence-electron chi connectivity index (χ3n) is 3.76. The van der Waals surface area contributed by atoms with Gasteiger partial charge >= 0.3 is 0 Å². The van der Waals surface area contributed by atoms with Crippen LogP contribution in [0.2, 0.25) is 0 Å². The minimum atomic E-state index is 0.0433. The number of nitrogens with two attached hydrogens (primary N) is 1. The Morgan fingerprint density at radius 1 is 1.50 bits per heavy atom. The van der Waals surface area contributed by atoms with Crippen LogP contribution in [0.25, 0.3) is 0 Å². The summed E-state index contributed by atoms with van der Waals surface area (Å²) >= 11 is 0. The summed E-state index contributed by atoms with van der Waals surface area (Å²) in [6.45, 7) is 7.52. The number of hydrogen-bond acceptors (Lipinski definition) is 3. The topological polar surface area (TPSA) is 47.1 Å². The molecule has 0 aliphatic carbocycles. The molecule has 0 radical (unpaired) electrons. The molecule has 0 unspecified atom stereocenters. The van der Waals surface area contributed by atoms with E-state index in [2.05, 4.69) is 28.3 Å². The molecule has 1 fully saturated rings. The molecule has 2 N–H and O–H groups in total. The SMILES string of the molecule is CC(C)C1(N)CN(CCc2nccn2C)C1. The molecule has 1 aromatic heterocycles. The Morgan fingerprint density at radius 3 is 2.69 bits per heavy atom. The molecule has 1 aliphatic rings. The van der Waals surface area contributed by atoms with E-state index in [0.29, 0.717) is 5.92 Å². The number of aryl methyl sites for hydroxylation is 1. The van der Waals surface area contributed by atoms with E-state index < -0.39 is 0 Å². The van der Waals surface area contributed by atoms with Crippen LogP contribution in [0, 0.1) is 5.92 Å². The second-order valence-electron chi connectivity index (χ2n) is 5.30. The fraction of sp³-hybridized carbons (Fsp3) is 0.750. The van der Waals surface area contributed by atoms with Gasteiger partial charge in [-0.15, -0.1) is 0 Å². The highest BCUT2D eigenvalue weighted by molar-refractivity contribution is 5.03. The molecular weight excluding hydrogens is 200 g/mol. The van der Waals surface area contributed by atoms with Gasteiger partial charge in [0.25, 0.3) is 0 Å². The maximum atomic E-state index is 6.25. The molecule has 4 nitrogen and oxygen atoms in total. The lowest BCUT2D eigenvalue weighted by Gasteiger charge is -2.50. The highest BCUT2D eigenvalue weighted by atomic mass is 15.2. The van der Waals surface area contributed by atoms with Crippen molar-refractivity contribution in [2.24, 2.45) is 18.7 Å². The summed E-state index contributed by atoms with van der Waals surface area (Å²) in [5.41, 5.74) is 6.30. The second kappa shape index (κ2) is 4.18. The maximum absolute atomic E-state index is 6.25. The molecule has 0 saturated carbocycles. The molecule has 1 aromatic rings. The van der Waals surface area contributed by atoms with Crippen LogP contribution in [0.1, 0.15) is 19.7 Å². The molecule has 1 aliphatic heterocycles. The van der Waals surface area contributed by atoms with E-state index >= 15 is 0 Å². The molecule has 1 saturated heterocycles. The number of aromatic nitrogens is 2. The van der Waals surface area contributed by atoms with Crippen molar-refractivity contribution in [1.29, 1.82) is 0 Å². The monoisotopic (exact) mass is 222 g/mol.